The Morgan fingerprint density at radius 3 is 3.00 bits per heavy atom. The molecule has 1 atom stereocenters. The number of thioether (sulfide) groups is 1. The molecule has 0 aliphatic carbocycles. The van der Waals surface area contributed by atoms with E-state index < -0.39 is 0 Å². The van der Waals surface area contributed by atoms with Crippen LogP contribution >= 0.6 is 11.8 Å². The molecule has 5 heteroatoms. The lowest BCUT2D eigenvalue weighted by molar-refractivity contribution is -0.121. The highest BCUT2D eigenvalue weighted by molar-refractivity contribution is 7.99. The zero-order chi connectivity index (χ0) is 11.9. The highest BCUT2D eigenvalue weighted by Gasteiger charge is 2.16. The number of carbonyl (C=O) groups excluding carboxylic acids is 1. The highest BCUT2D eigenvalue weighted by atomic mass is 32.2. The molecule has 17 heavy (non-hydrogen) atoms. The van der Waals surface area contributed by atoms with Crippen molar-refractivity contribution in [1.82, 2.24) is 15.2 Å². The third kappa shape index (κ3) is 4.44. The molecule has 1 aliphatic rings. The van der Waals surface area contributed by atoms with Gasteiger partial charge in [0.1, 0.15) is 0 Å². The maximum absolute atomic E-state index is 11.7. The summed E-state index contributed by atoms with van der Waals surface area (Å²) in [5.74, 6) is 2.36. The van der Waals surface area contributed by atoms with Gasteiger partial charge in [-0.25, -0.2) is 0 Å². The first-order valence-corrected chi connectivity index (χ1v) is 7.18. The van der Waals surface area contributed by atoms with Crippen molar-refractivity contribution in [3.05, 3.63) is 24.5 Å². The molecule has 1 fully saturated rings. The molecule has 4 nitrogen and oxygen atoms in total. The summed E-state index contributed by atoms with van der Waals surface area (Å²) in [5, 5.41) is 6.33. The van der Waals surface area contributed by atoms with Gasteiger partial charge in [0.05, 0.1) is 0 Å². The molecule has 1 unspecified atom stereocenters. The Morgan fingerprint density at radius 1 is 1.47 bits per heavy atom. The van der Waals surface area contributed by atoms with Gasteiger partial charge in [0.25, 0.3) is 0 Å². The molecule has 94 valence electrons. The van der Waals surface area contributed by atoms with Crippen molar-refractivity contribution in [2.45, 2.75) is 19.0 Å². The number of rotatable bonds is 5. The standard InChI is InChI=1S/C12H19N3OS/c16-12(9-11-10-17-8-4-13-11)14-3-7-15-5-1-2-6-15/h1-2,5-6,11,13H,3-4,7-10H2,(H,14,16). The van der Waals surface area contributed by atoms with Crippen LogP contribution in [0.5, 0.6) is 0 Å². The number of nitrogens with one attached hydrogen (secondary N) is 2. The molecular weight excluding hydrogens is 234 g/mol. The van der Waals surface area contributed by atoms with Gasteiger partial charge in [0.2, 0.25) is 5.91 Å². The minimum Gasteiger partial charge on any atom is -0.354 e. The lowest BCUT2D eigenvalue weighted by Crippen LogP contribution is -2.41. The van der Waals surface area contributed by atoms with Crippen molar-refractivity contribution in [2.75, 3.05) is 24.6 Å². The van der Waals surface area contributed by atoms with Crippen LogP contribution in [0.25, 0.3) is 0 Å². The predicted octanol–water partition coefficient (Wildman–Crippen LogP) is 0.699. The van der Waals surface area contributed by atoms with Gasteiger partial charge < -0.3 is 15.2 Å². The first kappa shape index (κ1) is 12.5. The van der Waals surface area contributed by atoms with Crippen molar-refractivity contribution in [3.8, 4) is 0 Å². The molecule has 2 N–H and O–H groups in total. The summed E-state index contributed by atoms with van der Waals surface area (Å²) in [6, 6.07) is 4.33. The molecule has 0 aromatic carbocycles. The number of nitrogens with zero attached hydrogens (tertiary/aromatic N) is 1. The van der Waals surface area contributed by atoms with Crippen LogP contribution < -0.4 is 10.6 Å². The summed E-state index contributed by atoms with van der Waals surface area (Å²) in [6.07, 6.45) is 4.61. The van der Waals surface area contributed by atoms with Gasteiger partial charge >= 0.3 is 0 Å². The quantitative estimate of drug-likeness (QED) is 0.812. The minimum atomic E-state index is 0.150. The largest absolute Gasteiger partial charge is 0.354 e. The monoisotopic (exact) mass is 253 g/mol. The van der Waals surface area contributed by atoms with E-state index >= 15 is 0 Å². The second kappa shape index (κ2) is 6.71. The fourth-order valence-electron chi connectivity index (χ4n) is 1.89. The molecule has 0 bridgehead atoms. The second-order valence-electron chi connectivity index (χ2n) is 4.20. The highest BCUT2D eigenvalue weighted by Crippen LogP contribution is 2.09. The van der Waals surface area contributed by atoms with Crippen LogP contribution in [0.15, 0.2) is 24.5 Å². The summed E-state index contributed by atoms with van der Waals surface area (Å²) in [4.78, 5) is 11.7. The third-order valence-corrected chi connectivity index (χ3v) is 3.92. The van der Waals surface area contributed by atoms with Gasteiger partial charge in [-0.3, -0.25) is 4.79 Å². The van der Waals surface area contributed by atoms with Gasteiger partial charge in [-0.15, -0.1) is 0 Å². The lowest BCUT2D eigenvalue weighted by Gasteiger charge is -2.22. The Hall–Kier alpha value is -0.940. The smallest absolute Gasteiger partial charge is 0.221 e. The van der Waals surface area contributed by atoms with Gasteiger partial charge in [-0.2, -0.15) is 11.8 Å². The van der Waals surface area contributed by atoms with E-state index in [-0.39, 0.29) is 5.91 Å². The molecule has 1 saturated heterocycles. The Morgan fingerprint density at radius 2 is 2.29 bits per heavy atom. The van der Waals surface area contributed by atoms with Crippen LogP contribution in [0.1, 0.15) is 6.42 Å². The van der Waals surface area contributed by atoms with E-state index in [1.807, 2.05) is 36.3 Å². The van der Waals surface area contributed by atoms with E-state index in [9.17, 15) is 4.79 Å². The summed E-state index contributed by atoms with van der Waals surface area (Å²) in [5.41, 5.74) is 0. The second-order valence-corrected chi connectivity index (χ2v) is 5.35. The minimum absolute atomic E-state index is 0.150. The van der Waals surface area contributed by atoms with Gasteiger partial charge in [0.15, 0.2) is 0 Å². The van der Waals surface area contributed by atoms with E-state index in [1.165, 1.54) is 0 Å². The molecular formula is C12H19N3OS. The summed E-state index contributed by atoms with van der Waals surface area (Å²) in [6.45, 7) is 2.56. The number of hydrogen-bond acceptors (Lipinski definition) is 3. The SMILES string of the molecule is O=C(CC1CSCCN1)NCCn1cccc1. The Balaban J connectivity index is 1.60. The van der Waals surface area contributed by atoms with E-state index in [4.69, 9.17) is 0 Å². The van der Waals surface area contributed by atoms with E-state index in [2.05, 4.69) is 15.2 Å². The van der Waals surface area contributed by atoms with Gasteiger partial charge in [0, 0.05) is 56.0 Å². The lowest BCUT2D eigenvalue weighted by atomic mass is 10.2. The zero-order valence-electron chi connectivity index (χ0n) is 9.89. The average Bonchev–Trinajstić information content (AvgIpc) is 2.83. The molecule has 1 aliphatic heterocycles. The average molecular weight is 253 g/mol. The predicted molar refractivity (Wildman–Crippen MR) is 71.2 cm³/mol. The first-order valence-electron chi connectivity index (χ1n) is 6.03. The van der Waals surface area contributed by atoms with E-state index in [1.54, 1.807) is 0 Å². The third-order valence-electron chi connectivity index (χ3n) is 2.79. The van der Waals surface area contributed by atoms with Gasteiger partial charge in [-0.05, 0) is 12.1 Å². The van der Waals surface area contributed by atoms with Crippen molar-refractivity contribution in [1.29, 1.82) is 0 Å². The molecule has 0 saturated carbocycles. The topological polar surface area (TPSA) is 46.1 Å². The van der Waals surface area contributed by atoms with E-state index in [0.29, 0.717) is 19.0 Å². The zero-order valence-corrected chi connectivity index (χ0v) is 10.7. The van der Waals surface area contributed by atoms with E-state index in [0.717, 1.165) is 24.6 Å². The maximum atomic E-state index is 11.7. The molecule has 0 spiro atoms. The normalized spacial score (nSPS) is 20.1. The molecule has 2 rings (SSSR count). The van der Waals surface area contributed by atoms with Crippen LogP contribution in [-0.4, -0.2) is 41.1 Å². The molecule has 1 aromatic rings. The molecule has 1 aromatic heterocycles. The Bertz CT molecular complexity index is 334. The summed E-state index contributed by atoms with van der Waals surface area (Å²) in [7, 11) is 0. The van der Waals surface area contributed by atoms with Crippen molar-refractivity contribution >= 4 is 17.7 Å². The summed E-state index contributed by atoms with van der Waals surface area (Å²) < 4.78 is 2.06. The fraction of sp³-hybridized carbons (Fsp3) is 0.583. The number of carbonyl (C=O) groups is 1. The van der Waals surface area contributed by atoms with Crippen LogP contribution in [-0.2, 0) is 11.3 Å². The maximum Gasteiger partial charge on any atom is 0.221 e. The molecule has 2 heterocycles. The number of amides is 1. The van der Waals surface area contributed by atoms with Gasteiger partial charge in [-0.1, -0.05) is 0 Å². The Labute approximate surface area is 106 Å². The van der Waals surface area contributed by atoms with Crippen molar-refractivity contribution < 1.29 is 4.79 Å². The molecule has 1 amide bonds. The van der Waals surface area contributed by atoms with Crippen LogP contribution in [0.4, 0.5) is 0 Å². The fourth-order valence-corrected chi connectivity index (χ4v) is 2.84. The summed E-state index contributed by atoms with van der Waals surface area (Å²) >= 11 is 1.92. The first-order chi connectivity index (χ1) is 8.34. The Kier molecular flexibility index (Phi) is 4.94. The molecule has 0 radical (unpaired) electrons. The van der Waals surface area contributed by atoms with Crippen LogP contribution in [0, 0.1) is 0 Å². The number of hydrogen-bond donors (Lipinski definition) is 2. The van der Waals surface area contributed by atoms with Crippen molar-refractivity contribution in [3.63, 3.8) is 0 Å². The number of aromatic nitrogens is 1. The van der Waals surface area contributed by atoms with Crippen molar-refractivity contribution in [2.24, 2.45) is 0 Å². The van der Waals surface area contributed by atoms with Crippen LogP contribution in [0.2, 0.25) is 0 Å². The van der Waals surface area contributed by atoms with Crippen LogP contribution in [0.3, 0.4) is 0 Å².